The summed E-state index contributed by atoms with van der Waals surface area (Å²) in [5, 5.41) is 1.43. The summed E-state index contributed by atoms with van der Waals surface area (Å²) < 4.78 is 2.71. The van der Waals surface area contributed by atoms with E-state index in [2.05, 4.69) is 135 Å². The molecular formula is C40H34BN3S. The molecule has 0 radical (unpaired) electrons. The molecule has 0 amide bonds. The Labute approximate surface area is 269 Å². The molecule has 6 aromatic rings. The number of benzene rings is 4. The first-order chi connectivity index (χ1) is 22.4. The zero-order chi connectivity index (χ0) is 29.5. The fourth-order valence-corrected chi connectivity index (χ4v) is 10.2. The highest BCUT2D eigenvalue weighted by Crippen LogP contribution is 2.50. The van der Waals surface area contributed by atoms with Gasteiger partial charge < -0.3 is 14.4 Å². The summed E-state index contributed by atoms with van der Waals surface area (Å²) in [4.78, 5) is 6.83. The molecule has 4 heterocycles. The van der Waals surface area contributed by atoms with Gasteiger partial charge >= 0.3 is 0 Å². The zero-order valence-corrected chi connectivity index (χ0v) is 26.2. The molecule has 0 fully saturated rings. The van der Waals surface area contributed by atoms with E-state index in [1.54, 1.807) is 21.5 Å². The van der Waals surface area contributed by atoms with E-state index in [1.807, 2.05) is 0 Å². The number of thiophene rings is 1. The molecular weight excluding hydrogens is 565 g/mol. The van der Waals surface area contributed by atoms with E-state index in [0.29, 0.717) is 0 Å². The number of hydrogen-bond acceptors (Lipinski definition) is 3. The number of aromatic nitrogens is 1. The topological polar surface area (TPSA) is 11.4 Å². The van der Waals surface area contributed by atoms with Crippen LogP contribution in [0.15, 0.2) is 109 Å². The van der Waals surface area contributed by atoms with Crippen LogP contribution in [0.5, 0.6) is 0 Å². The summed E-state index contributed by atoms with van der Waals surface area (Å²) >= 11 is 2.06. The van der Waals surface area contributed by atoms with Gasteiger partial charge in [0, 0.05) is 44.6 Å². The summed E-state index contributed by atoms with van der Waals surface area (Å²) in [7, 11) is 0. The maximum absolute atomic E-state index is 2.71. The molecule has 0 N–H and O–H groups in total. The van der Waals surface area contributed by atoms with Crippen molar-refractivity contribution >= 4 is 68.0 Å². The molecule has 0 saturated heterocycles. The highest BCUT2D eigenvalue weighted by Gasteiger charge is 2.49. The van der Waals surface area contributed by atoms with E-state index in [4.69, 9.17) is 0 Å². The van der Waals surface area contributed by atoms with Gasteiger partial charge in [-0.05, 0) is 122 Å². The molecule has 10 rings (SSSR count). The molecule has 2 aliphatic heterocycles. The number of fused-ring (bicyclic) bond motifs is 8. The predicted octanol–water partition coefficient (Wildman–Crippen LogP) is 8.38. The molecule has 0 spiro atoms. The Morgan fingerprint density at radius 2 is 1.09 bits per heavy atom. The number of rotatable bonds is 3. The minimum absolute atomic E-state index is 0.185. The number of anilines is 6. The molecule has 2 aromatic heterocycles. The molecule has 4 aromatic carbocycles. The Morgan fingerprint density at radius 3 is 1.80 bits per heavy atom. The van der Waals surface area contributed by atoms with Crippen molar-refractivity contribution in [2.45, 2.75) is 51.4 Å². The molecule has 3 nitrogen and oxygen atoms in total. The fourth-order valence-electron chi connectivity index (χ4n) is 8.78. The third kappa shape index (κ3) is 3.65. The first-order valence-corrected chi connectivity index (χ1v) is 17.5. The summed E-state index contributed by atoms with van der Waals surface area (Å²) in [5.74, 6) is 0. The lowest BCUT2D eigenvalue weighted by Gasteiger charge is -2.43. The highest BCUT2D eigenvalue weighted by atomic mass is 32.1. The number of hydrogen-bond donors (Lipinski definition) is 0. The SMILES string of the molecule is c1ccc(N2c3cccc4c3B(c3c2sc2c3CCCC2)c2c(c3c(n2-c2ccccc2)CCCC3)N4c2ccccc2)cc1. The fraction of sp³-hybridized carbons (Fsp3) is 0.200. The van der Waals surface area contributed by atoms with Crippen LogP contribution in [0.3, 0.4) is 0 Å². The quantitative estimate of drug-likeness (QED) is 0.189. The largest absolute Gasteiger partial charge is 0.323 e. The second-order valence-corrected chi connectivity index (χ2v) is 14.0. The van der Waals surface area contributed by atoms with Crippen molar-refractivity contribution < 1.29 is 0 Å². The Kier molecular flexibility index (Phi) is 5.75. The van der Waals surface area contributed by atoms with Crippen LogP contribution < -0.4 is 26.3 Å². The first-order valence-electron chi connectivity index (χ1n) is 16.7. The monoisotopic (exact) mass is 599 g/mol. The maximum atomic E-state index is 2.71. The average molecular weight is 600 g/mol. The molecule has 4 aliphatic rings. The van der Waals surface area contributed by atoms with Crippen LogP contribution in [0.2, 0.25) is 0 Å². The second kappa shape index (κ2) is 10.0. The normalized spacial score (nSPS) is 16.0. The number of para-hydroxylation sites is 3. The Morgan fingerprint density at radius 1 is 0.511 bits per heavy atom. The minimum atomic E-state index is 0.185. The van der Waals surface area contributed by atoms with Gasteiger partial charge in [0.15, 0.2) is 0 Å². The van der Waals surface area contributed by atoms with Gasteiger partial charge in [0.25, 0.3) is 6.71 Å². The Bertz CT molecular complexity index is 2080. The van der Waals surface area contributed by atoms with Gasteiger partial charge in [0.05, 0.1) is 10.7 Å². The molecule has 0 bridgehead atoms. The second-order valence-electron chi connectivity index (χ2n) is 13.0. The van der Waals surface area contributed by atoms with Crippen LogP contribution in [0.4, 0.5) is 33.4 Å². The molecule has 0 atom stereocenters. The third-order valence-electron chi connectivity index (χ3n) is 10.5. The van der Waals surface area contributed by atoms with Gasteiger partial charge in [-0.2, -0.15) is 0 Å². The summed E-state index contributed by atoms with van der Waals surface area (Å²) in [6, 6.07) is 40.5. The number of aryl methyl sites for hydroxylation is 1. The summed E-state index contributed by atoms with van der Waals surface area (Å²) in [5.41, 5.74) is 17.1. The van der Waals surface area contributed by atoms with Crippen molar-refractivity contribution in [3.05, 3.63) is 131 Å². The minimum Gasteiger partial charge on any atom is -0.323 e. The van der Waals surface area contributed by atoms with E-state index >= 15 is 0 Å². The molecule has 45 heavy (non-hydrogen) atoms. The highest BCUT2D eigenvalue weighted by molar-refractivity contribution is 7.20. The molecule has 0 unspecified atom stereocenters. The van der Waals surface area contributed by atoms with Gasteiger partial charge in [-0.25, -0.2) is 0 Å². The van der Waals surface area contributed by atoms with Gasteiger partial charge in [-0.3, -0.25) is 0 Å². The smallest absolute Gasteiger partial charge is 0.274 e. The Hall–Kier alpha value is -4.48. The maximum Gasteiger partial charge on any atom is 0.274 e. The van der Waals surface area contributed by atoms with Crippen LogP contribution in [0.25, 0.3) is 5.69 Å². The van der Waals surface area contributed by atoms with E-state index in [-0.39, 0.29) is 6.71 Å². The van der Waals surface area contributed by atoms with Crippen molar-refractivity contribution in [3.63, 3.8) is 0 Å². The van der Waals surface area contributed by atoms with Crippen LogP contribution in [-0.4, -0.2) is 11.3 Å². The van der Waals surface area contributed by atoms with Crippen LogP contribution >= 0.6 is 11.3 Å². The van der Waals surface area contributed by atoms with Gasteiger partial charge in [-0.15, -0.1) is 11.3 Å². The Balaban J connectivity index is 1.37. The van der Waals surface area contributed by atoms with Crippen molar-refractivity contribution in [3.8, 4) is 5.69 Å². The van der Waals surface area contributed by atoms with Crippen molar-refractivity contribution in [1.29, 1.82) is 0 Å². The van der Waals surface area contributed by atoms with E-state index < -0.39 is 0 Å². The summed E-state index contributed by atoms with van der Waals surface area (Å²) in [6.45, 7) is 0.185. The van der Waals surface area contributed by atoms with E-state index in [0.717, 1.165) is 12.8 Å². The molecule has 5 heteroatoms. The van der Waals surface area contributed by atoms with Gasteiger partial charge in [0.2, 0.25) is 0 Å². The molecule has 218 valence electrons. The molecule has 0 saturated carbocycles. The lowest BCUT2D eigenvalue weighted by atomic mass is 9.34. The van der Waals surface area contributed by atoms with E-state index in [1.165, 1.54) is 94.4 Å². The van der Waals surface area contributed by atoms with Crippen LogP contribution in [0.1, 0.15) is 47.4 Å². The van der Waals surface area contributed by atoms with E-state index in [9.17, 15) is 0 Å². The van der Waals surface area contributed by atoms with Gasteiger partial charge in [-0.1, -0.05) is 60.7 Å². The lowest BCUT2D eigenvalue weighted by Crippen LogP contribution is -2.63. The standard InChI is InChI=1S/C40H34BN3S/c1-4-15-27(16-5-1)42-33-24-14-25-34-37(33)41(39-38(42)30-21-10-12-23-32(30)43(39)28-17-6-2-7-18-28)36-31-22-11-13-26-35(31)45-40(36)44(34)29-19-8-3-9-20-29/h1-9,14-20,24-25H,10-13,21-23,26H2. The zero-order valence-electron chi connectivity index (χ0n) is 25.4. The van der Waals surface area contributed by atoms with Crippen molar-refractivity contribution in [2.24, 2.45) is 0 Å². The van der Waals surface area contributed by atoms with Crippen LogP contribution in [0, 0.1) is 0 Å². The first kappa shape index (κ1) is 25.8. The average Bonchev–Trinajstić information content (AvgIpc) is 3.66. The lowest BCUT2D eigenvalue weighted by molar-refractivity contribution is 0.664. The number of nitrogens with zero attached hydrogens (tertiary/aromatic N) is 3. The van der Waals surface area contributed by atoms with Crippen molar-refractivity contribution in [2.75, 3.05) is 9.80 Å². The third-order valence-corrected chi connectivity index (χ3v) is 11.8. The predicted molar refractivity (Wildman–Crippen MR) is 191 cm³/mol. The van der Waals surface area contributed by atoms with Crippen LogP contribution in [-0.2, 0) is 25.7 Å². The van der Waals surface area contributed by atoms with Crippen molar-refractivity contribution in [1.82, 2.24) is 4.57 Å². The van der Waals surface area contributed by atoms with Gasteiger partial charge in [0.1, 0.15) is 0 Å². The summed E-state index contributed by atoms with van der Waals surface area (Å²) in [6.07, 6.45) is 9.71. The molecule has 2 aliphatic carbocycles.